The van der Waals surface area contributed by atoms with E-state index in [9.17, 15) is 10.1 Å². The van der Waals surface area contributed by atoms with E-state index in [4.69, 9.17) is 9.26 Å². The van der Waals surface area contributed by atoms with E-state index in [0.29, 0.717) is 34.2 Å². The van der Waals surface area contributed by atoms with Crippen LogP contribution in [0.5, 0.6) is 5.75 Å². The van der Waals surface area contributed by atoms with Gasteiger partial charge in [-0.1, -0.05) is 41.1 Å². The van der Waals surface area contributed by atoms with Gasteiger partial charge in [0.05, 0.1) is 17.7 Å². The van der Waals surface area contributed by atoms with Crippen molar-refractivity contribution in [3.8, 4) is 34.7 Å². The lowest BCUT2D eigenvalue weighted by molar-refractivity contribution is 0.0936. The molecule has 0 fully saturated rings. The summed E-state index contributed by atoms with van der Waals surface area (Å²) < 4.78 is 11.3. The number of nitriles is 1. The van der Waals surface area contributed by atoms with Gasteiger partial charge in [0, 0.05) is 16.7 Å². The summed E-state index contributed by atoms with van der Waals surface area (Å²) in [5, 5.41) is 16.9. The molecular formula is C29H26N4O3. The van der Waals surface area contributed by atoms with Crippen LogP contribution in [-0.4, -0.2) is 22.2 Å². The lowest BCUT2D eigenvalue weighted by Gasteiger charge is -2.15. The largest absolute Gasteiger partial charge is 0.490 e. The molecule has 0 saturated heterocycles. The van der Waals surface area contributed by atoms with Crippen LogP contribution in [0.3, 0.4) is 0 Å². The smallest absolute Gasteiger partial charge is 0.258 e. The molecule has 4 aromatic rings. The van der Waals surface area contributed by atoms with Gasteiger partial charge < -0.3 is 14.6 Å². The van der Waals surface area contributed by atoms with Crippen LogP contribution in [-0.2, 0) is 6.42 Å². The van der Waals surface area contributed by atoms with E-state index in [1.54, 1.807) is 12.1 Å². The minimum atomic E-state index is -0.0849. The second-order valence-electron chi connectivity index (χ2n) is 9.22. The van der Waals surface area contributed by atoms with Crippen molar-refractivity contribution in [1.29, 1.82) is 5.26 Å². The molecule has 7 heteroatoms. The van der Waals surface area contributed by atoms with Gasteiger partial charge in [0.25, 0.3) is 11.8 Å². The molecule has 7 nitrogen and oxygen atoms in total. The maximum absolute atomic E-state index is 12.8. The Labute approximate surface area is 209 Å². The number of fused-ring (bicyclic) bond motifs is 1. The second kappa shape index (κ2) is 9.67. The lowest BCUT2D eigenvalue weighted by Crippen LogP contribution is -2.27. The first-order valence-electron chi connectivity index (χ1n) is 12.0. The quantitative estimate of drug-likeness (QED) is 0.376. The van der Waals surface area contributed by atoms with Crippen molar-refractivity contribution in [2.45, 2.75) is 45.8 Å². The molecule has 1 amide bonds. The first kappa shape index (κ1) is 23.3. The molecule has 0 radical (unpaired) electrons. The average Bonchev–Trinajstić information content (AvgIpc) is 3.52. The molecule has 180 valence electrons. The van der Waals surface area contributed by atoms with Gasteiger partial charge in [-0.3, -0.25) is 4.79 Å². The number of ether oxygens (including phenoxy) is 1. The molecule has 0 bridgehead atoms. The van der Waals surface area contributed by atoms with Crippen molar-refractivity contribution in [2.75, 3.05) is 0 Å². The van der Waals surface area contributed by atoms with Gasteiger partial charge in [-0.25, -0.2) is 0 Å². The summed E-state index contributed by atoms with van der Waals surface area (Å²) in [6.07, 6.45) is 1.56. The first-order chi connectivity index (χ1) is 17.4. The fourth-order valence-corrected chi connectivity index (χ4v) is 4.52. The van der Waals surface area contributed by atoms with Crippen LogP contribution < -0.4 is 10.1 Å². The summed E-state index contributed by atoms with van der Waals surface area (Å²) in [7, 11) is 0. The maximum Gasteiger partial charge on any atom is 0.258 e. The summed E-state index contributed by atoms with van der Waals surface area (Å²) in [6.45, 7) is 5.82. The predicted molar refractivity (Wildman–Crippen MR) is 135 cm³/mol. The van der Waals surface area contributed by atoms with Crippen LogP contribution in [0.15, 0.2) is 65.2 Å². The van der Waals surface area contributed by atoms with Crippen molar-refractivity contribution in [3.05, 3.63) is 88.5 Å². The number of amides is 1. The number of hydrogen-bond acceptors (Lipinski definition) is 6. The number of nitrogens with one attached hydrogen (secondary N) is 1. The molecule has 1 atom stereocenters. The Kier molecular flexibility index (Phi) is 6.26. The third-order valence-electron chi connectivity index (χ3n) is 6.27. The first-order valence-corrected chi connectivity index (χ1v) is 12.0. The van der Waals surface area contributed by atoms with Crippen molar-refractivity contribution < 1.29 is 14.1 Å². The van der Waals surface area contributed by atoms with Crippen molar-refractivity contribution in [3.63, 3.8) is 0 Å². The Morgan fingerprint density at radius 2 is 1.97 bits per heavy atom. The van der Waals surface area contributed by atoms with E-state index < -0.39 is 0 Å². The van der Waals surface area contributed by atoms with Crippen LogP contribution in [0.25, 0.3) is 22.8 Å². The fraction of sp³-hybridized carbons (Fsp3) is 0.241. The SMILES string of the molecule is Cc1ccc(C(=O)NC2CCc3c(-c4noc(-c5ccc(OC(C)C)c(C#N)c5)n4)cccc32)cc1. The van der Waals surface area contributed by atoms with E-state index in [1.807, 2.05) is 69.3 Å². The Balaban J connectivity index is 1.39. The molecule has 0 aliphatic heterocycles. The highest BCUT2D eigenvalue weighted by Gasteiger charge is 2.28. The molecule has 0 spiro atoms. The minimum Gasteiger partial charge on any atom is -0.490 e. The minimum absolute atomic E-state index is 0.0383. The van der Waals surface area contributed by atoms with E-state index in [-0.39, 0.29) is 18.1 Å². The molecule has 3 aromatic carbocycles. The zero-order valence-electron chi connectivity index (χ0n) is 20.4. The zero-order chi connectivity index (χ0) is 25.2. The number of hydrogen-bond donors (Lipinski definition) is 1. The van der Waals surface area contributed by atoms with Gasteiger partial charge in [-0.05, 0) is 75.1 Å². The van der Waals surface area contributed by atoms with Gasteiger partial charge in [-0.2, -0.15) is 10.2 Å². The maximum atomic E-state index is 12.8. The number of carbonyl (C=O) groups excluding carboxylic acids is 1. The van der Waals surface area contributed by atoms with Crippen LogP contribution in [0.1, 0.15) is 58.9 Å². The number of benzene rings is 3. The number of nitrogens with zero attached hydrogens (tertiary/aromatic N) is 3. The highest BCUT2D eigenvalue weighted by Crippen LogP contribution is 2.37. The normalized spacial score (nSPS) is 14.4. The van der Waals surface area contributed by atoms with Crippen molar-refractivity contribution >= 4 is 5.91 Å². The Morgan fingerprint density at radius 1 is 1.17 bits per heavy atom. The van der Waals surface area contributed by atoms with Crippen LogP contribution in [0.2, 0.25) is 0 Å². The summed E-state index contributed by atoms with van der Waals surface area (Å²) >= 11 is 0. The van der Waals surface area contributed by atoms with E-state index in [0.717, 1.165) is 35.1 Å². The van der Waals surface area contributed by atoms with Crippen LogP contribution in [0.4, 0.5) is 0 Å². The van der Waals surface area contributed by atoms with Gasteiger partial charge in [0.2, 0.25) is 5.82 Å². The molecule has 1 unspecified atom stereocenters. The zero-order valence-corrected chi connectivity index (χ0v) is 20.4. The molecule has 1 heterocycles. The highest BCUT2D eigenvalue weighted by molar-refractivity contribution is 5.94. The summed E-state index contributed by atoms with van der Waals surface area (Å²) in [5.74, 6) is 1.25. The predicted octanol–water partition coefficient (Wildman–Crippen LogP) is 5.79. The molecular weight excluding hydrogens is 452 g/mol. The Hall–Kier alpha value is -4.44. The van der Waals surface area contributed by atoms with E-state index in [1.165, 1.54) is 0 Å². The third-order valence-corrected chi connectivity index (χ3v) is 6.27. The van der Waals surface area contributed by atoms with Gasteiger partial charge in [-0.15, -0.1) is 0 Å². The Morgan fingerprint density at radius 3 is 2.72 bits per heavy atom. The van der Waals surface area contributed by atoms with Crippen LogP contribution >= 0.6 is 0 Å². The highest BCUT2D eigenvalue weighted by atomic mass is 16.5. The molecule has 1 aliphatic rings. The van der Waals surface area contributed by atoms with E-state index in [2.05, 4.69) is 21.5 Å². The molecule has 1 N–H and O–H groups in total. The van der Waals surface area contributed by atoms with Gasteiger partial charge >= 0.3 is 0 Å². The van der Waals surface area contributed by atoms with Gasteiger partial charge in [0.1, 0.15) is 11.8 Å². The molecule has 5 rings (SSSR count). The second-order valence-corrected chi connectivity index (χ2v) is 9.22. The number of rotatable bonds is 6. The summed E-state index contributed by atoms with van der Waals surface area (Å²) in [6, 6.07) is 20.9. The molecule has 0 saturated carbocycles. The number of carbonyl (C=O) groups is 1. The summed E-state index contributed by atoms with van der Waals surface area (Å²) in [4.78, 5) is 17.4. The molecule has 1 aromatic heterocycles. The van der Waals surface area contributed by atoms with Crippen LogP contribution in [0, 0.1) is 18.3 Å². The lowest BCUT2D eigenvalue weighted by atomic mass is 10.0. The topological polar surface area (TPSA) is 101 Å². The van der Waals surface area contributed by atoms with Crippen molar-refractivity contribution in [2.24, 2.45) is 0 Å². The van der Waals surface area contributed by atoms with Crippen molar-refractivity contribution in [1.82, 2.24) is 15.5 Å². The monoisotopic (exact) mass is 478 g/mol. The molecule has 36 heavy (non-hydrogen) atoms. The summed E-state index contributed by atoms with van der Waals surface area (Å²) in [5.41, 5.74) is 5.89. The Bertz CT molecular complexity index is 1460. The molecule has 1 aliphatic carbocycles. The number of aryl methyl sites for hydroxylation is 1. The third kappa shape index (κ3) is 4.58. The van der Waals surface area contributed by atoms with E-state index >= 15 is 0 Å². The fourth-order valence-electron chi connectivity index (χ4n) is 4.52. The van der Waals surface area contributed by atoms with Gasteiger partial charge in [0.15, 0.2) is 0 Å². The average molecular weight is 479 g/mol. The standard InChI is InChI=1S/C29H26N4O3/c1-17(2)35-26-14-11-20(15-21(26)16-30)29-32-27(33-36-29)24-6-4-5-23-22(24)12-13-25(23)31-28(34)19-9-7-18(3)8-10-19/h4-11,14-15,17,25H,12-13H2,1-3H3,(H,31,34). The number of aromatic nitrogens is 2.